The van der Waals surface area contributed by atoms with Crippen LogP contribution in [0, 0.1) is 0 Å². The third-order valence-electron chi connectivity index (χ3n) is 1.58. The number of halogens is 2. The van der Waals surface area contributed by atoms with Crippen LogP contribution in [-0.4, -0.2) is 5.75 Å². The Hall–Kier alpha value is -0.830. The van der Waals surface area contributed by atoms with Crippen LogP contribution in [0.2, 0.25) is 0 Å². The van der Waals surface area contributed by atoms with Gasteiger partial charge in [-0.2, -0.15) is 12.6 Å². The van der Waals surface area contributed by atoms with Gasteiger partial charge >= 0.3 is 0 Å². The minimum atomic E-state index is -2.40. The maximum Gasteiger partial charge on any atom is 0.263 e. The smallest absolute Gasteiger partial charge is 0.205 e. The van der Waals surface area contributed by atoms with Crippen LogP contribution in [0.15, 0.2) is 30.3 Å². The van der Waals surface area contributed by atoms with Gasteiger partial charge in [-0.1, -0.05) is 30.4 Å². The van der Waals surface area contributed by atoms with Crippen LogP contribution in [0.5, 0.6) is 0 Å². The van der Waals surface area contributed by atoms with Gasteiger partial charge < -0.3 is 0 Å². The molecule has 0 heterocycles. The molecule has 0 radical (unpaired) electrons. The van der Waals surface area contributed by atoms with Crippen LogP contribution in [0.3, 0.4) is 0 Å². The van der Waals surface area contributed by atoms with E-state index in [2.05, 4.69) is 12.6 Å². The lowest BCUT2D eigenvalue weighted by molar-refractivity contribution is 0.151. The third-order valence-corrected chi connectivity index (χ3v) is 1.79. The summed E-state index contributed by atoms with van der Waals surface area (Å²) in [5, 5.41) is 0. The van der Waals surface area contributed by atoms with Crippen molar-refractivity contribution in [3.63, 3.8) is 0 Å². The van der Waals surface area contributed by atoms with E-state index in [0.717, 1.165) is 5.56 Å². The summed E-state index contributed by atoms with van der Waals surface area (Å²) in [7, 11) is 0. The highest BCUT2D eigenvalue weighted by Gasteiger charge is 2.05. The zero-order valence-electron chi connectivity index (χ0n) is 6.95. The molecule has 3 heteroatoms. The summed E-state index contributed by atoms with van der Waals surface area (Å²) in [5.41, 5.74) is 0.841. The molecule has 0 N–H and O–H groups in total. The van der Waals surface area contributed by atoms with Crippen LogP contribution in [0.1, 0.15) is 17.6 Å². The molecule has 0 spiro atoms. The van der Waals surface area contributed by atoms with Gasteiger partial charge in [0.25, 0.3) is 6.43 Å². The lowest BCUT2D eigenvalue weighted by Crippen LogP contribution is -1.83. The van der Waals surface area contributed by atoms with Crippen LogP contribution in [0.4, 0.5) is 8.78 Å². The third kappa shape index (κ3) is 3.19. The van der Waals surface area contributed by atoms with Crippen molar-refractivity contribution in [2.45, 2.75) is 6.43 Å². The maximum atomic E-state index is 12.2. The predicted molar refractivity (Wildman–Crippen MR) is 54.3 cm³/mol. The molecule has 0 fully saturated rings. The number of alkyl halides is 2. The van der Waals surface area contributed by atoms with Crippen molar-refractivity contribution in [1.29, 1.82) is 0 Å². The summed E-state index contributed by atoms with van der Waals surface area (Å²) >= 11 is 3.98. The number of rotatable bonds is 3. The lowest BCUT2D eigenvalue weighted by Gasteiger charge is -1.99. The molecule has 0 aliphatic rings. The Bertz CT molecular complexity index is 295. The lowest BCUT2D eigenvalue weighted by atomic mass is 10.1. The SMILES string of the molecule is FC(F)c1cccc(C=CCS)c1. The van der Waals surface area contributed by atoms with Crippen LogP contribution in [0.25, 0.3) is 6.08 Å². The van der Waals surface area contributed by atoms with Crippen molar-refractivity contribution >= 4 is 18.7 Å². The first-order chi connectivity index (χ1) is 6.24. The Kier molecular flexibility index (Phi) is 3.96. The van der Waals surface area contributed by atoms with Gasteiger partial charge in [0.15, 0.2) is 0 Å². The molecule has 1 aromatic carbocycles. The van der Waals surface area contributed by atoms with Crippen LogP contribution in [-0.2, 0) is 0 Å². The fraction of sp³-hybridized carbons (Fsp3) is 0.200. The molecular weight excluding hydrogens is 190 g/mol. The number of hydrogen-bond donors (Lipinski definition) is 1. The summed E-state index contributed by atoms with van der Waals surface area (Å²) in [4.78, 5) is 0. The number of hydrogen-bond acceptors (Lipinski definition) is 1. The summed E-state index contributed by atoms with van der Waals surface area (Å²) in [5.74, 6) is 0.610. The van der Waals surface area contributed by atoms with E-state index < -0.39 is 6.43 Å². The Morgan fingerprint density at radius 1 is 1.38 bits per heavy atom. The van der Waals surface area contributed by atoms with Crippen molar-refractivity contribution in [2.75, 3.05) is 5.75 Å². The van der Waals surface area contributed by atoms with Gasteiger partial charge in [0.1, 0.15) is 0 Å². The van der Waals surface area contributed by atoms with Crippen molar-refractivity contribution in [2.24, 2.45) is 0 Å². The maximum absolute atomic E-state index is 12.2. The average Bonchev–Trinajstić information content (AvgIpc) is 2.15. The summed E-state index contributed by atoms with van der Waals surface area (Å²) in [6.07, 6.45) is 1.19. The molecule has 1 rings (SSSR count). The Morgan fingerprint density at radius 2 is 2.15 bits per heavy atom. The normalized spacial score (nSPS) is 11.4. The van der Waals surface area contributed by atoms with Gasteiger partial charge in [0, 0.05) is 11.3 Å². The van der Waals surface area contributed by atoms with E-state index in [-0.39, 0.29) is 5.56 Å². The number of benzene rings is 1. The monoisotopic (exact) mass is 200 g/mol. The molecule has 0 unspecified atom stereocenters. The second-order valence-corrected chi connectivity index (χ2v) is 2.92. The zero-order valence-corrected chi connectivity index (χ0v) is 7.85. The minimum Gasteiger partial charge on any atom is -0.205 e. The molecule has 0 aliphatic carbocycles. The molecule has 0 atom stereocenters. The zero-order chi connectivity index (χ0) is 9.68. The molecule has 0 saturated carbocycles. The highest BCUT2D eigenvalue weighted by atomic mass is 32.1. The molecule has 0 nitrogen and oxygen atoms in total. The minimum absolute atomic E-state index is 0.0568. The molecule has 0 aromatic heterocycles. The first-order valence-corrected chi connectivity index (χ1v) is 4.53. The van der Waals surface area contributed by atoms with E-state index in [1.807, 2.05) is 6.08 Å². The predicted octanol–water partition coefficient (Wildman–Crippen LogP) is 3.57. The van der Waals surface area contributed by atoms with Crippen molar-refractivity contribution in [3.8, 4) is 0 Å². The van der Waals surface area contributed by atoms with Crippen molar-refractivity contribution in [1.82, 2.24) is 0 Å². The molecular formula is C10H10F2S. The first kappa shape index (κ1) is 10.3. The van der Waals surface area contributed by atoms with E-state index in [4.69, 9.17) is 0 Å². The van der Waals surface area contributed by atoms with Gasteiger partial charge in [0.2, 0.25) is 0 Å². The van der Waals surface area contributed by atoms with Gasteiger partial charge in [-0.25, -0.2) is 8.78 Å². The molecule has 13 heavy (non-hydrogen) atoms. The van der Waals surface area contributed by atoms with E-state index in [1.165, 1.54) is 12.1 Å². The summed E-state index contributed by atoms with van der Waals surface area (Å²) in [6, 6.07) is 6.30. The molecule has 0 aliphatic heterocycles. The Labute approximate surface area is 81.7 Å². The summed E-state index contributed by atoms with van der Waals surface area (Å²) < 4.78 is 24.5. The van der Waals surface area contributed by atoms with Crippen molar-refractivity contribution in [3.05, 3.63) is 41.5 Å². The topological polar surface area (TPSA) is 0 Å². The highest BCUT2D eigenvalue weighted by Crippen LogP contribution is 2.19. The largest absolute Gasteiger partial charge is 0.263 e. The Morgan fingerprint density at radius 3 is 2.77 bits per heavy atom. The van der Waals surface area contributed by atoms with Crippen LogP contribution < -0.4 is 0 Å². The fourth-order valence-electron chi connectivity index (χ4n) is 0.987. The van der Waals surface area contributed by atoms with Crippen molar-refractivity contribution < 1.29 is 8.78 Å². The van der Waals surface area contributed by atoms with E-state index in [0.29, 0.717) is 5.75 Å². The Balaban J connectivity index is 2.85. The second kappa shape index (κ2) is 5.02. The average molecular weight is 200 g/mol. The molecule has 1 aromatic rings. The second-order valence-electron chi connectivity index (χ2n) is 2.56. The quantitative estimate of drug-likeness (QED) is 0.708. The van der Waals surface area contributed by atoms with Gasteiger partial charge in [0.05, 0.1) is 0 Å². The van der Waals surface area contributed by atoms with Gasteiger partial charge in [-0.15, -0.1) is 0 Å². The van der Waals surface area contributed by atoms with E-state index in [1.54, 1.807) is 18.2 Å². The van der Waals surface area contributed by atoms with E-state index in [9.17, 15) is 8.78 Å². The highest BCUT2D eigenvalue weighted by molar-refractivity contribution is 7.80. The fourth-order valence-corrected chi connectivity index (χ4v) is 1.09. The van der Waals surface area contributed by atoms with E-state index >= 15 is 0 Å². The molecule has 0 bridgehead atoms. The van der Waals surface area contributed by atoms with Gasteiger partial charge in [-0.05, 0) is 11.6 Å². The molecule has 0 amide bonds. The number of thiol groups is 1. The first-order valence-electron chi connectivity index (χ1n) is 3.89. The van der Waals surface area contributed by atoms with Crippen LogP contribution >= 0.6 is 12.6 Å². The standard InChI is InChI=1S/C10H10F2S/c11-10(12)9-5-1-3-8(7-9)4-2-6-13/h1-5,7,10,13H,6H2. The summed E-state index contributed by atoms with van der Waals surface area (Å²) in [6.45, 7) is 0. The molecule has 0 saturated heterocycles. The molecule has 70 valence electrons. The van der Waals surface area contributed by atoms with Gasteiger partial charge in [-0.3, -0.25) is 0 Å².